The molecule has 0 bridgehead atoms. The highest BCUT2D eigenvalue weighted by atomic mass is 32.2. The fraction of sp³-hybridized carbons (Fsp3) is 0.471. The average molecular weight is 365 g/mol. The van der Waals surface area contributed by atoms with Gasteiger partial charge in [-0.05, 0) is 18.2 Å². The molecule has 2 heterocycles. The van der Waals surface area contributed by atoms with Crippen molar-refractivity contribution in [3.63, 3.8) is 0 Å². The fourth-order valence-electron chi connectivity index (χ4n) is 3.09. The molecule has 136 valence electrons. The second-order valence-corrected chi connectivity index (χ2v) is 8.83. The van der Waals surface area contributed by atoms with Crippen molar-refractivity contribution in [1.29, 1.82) is 0 Å². The Labute approximate surface area is 147 Å². The molecule has 0 saturated carbocycles. The van der Waals surface area contributed by atoms with E-state index in [2.05, 4.69) is 5.32 Å². The quantitative estimate of drug-likeness (QED) is 0.850. The monoisotopic (exact) mass is 365 g/mol. The Kier molecular flexibility index (Phi) is 4.86. The molecular formula is C17H23N3O4S. The molecule has 1 aliphatic heterocycles. The van der Waals surface area contributed by atoms with Crippen LogP contribution in [0.15, 0.2) is 30.5 Å². The van der Waals surface area contributed by atoms with Crippen LogP contribution in [0.3, 0.4) is 0 Å². The summed E-state index contributed by atoms with van der Waals surface area (Å²) in [6.07, 6.45) is 1.91. The Morgan fingerprint density at radius 2 is 2.08 bits per heavy atom. The molecule has 1 aliphatic rings. The minimum atomic E-state index is -3.35. The maximum Gasteiger partial charge on any atom is 0.252 e. The normalized spacial score (nSPS) is 21.1. The van der Waals surface area contributed by atoms with E-state index >= 15 is 0 Å². The molecule has 7 nitrogen and oxygen atoms in total. The summed E-state index contributed by atoms with van der Waals surface area (Å²) in [7, 11) is 1.60. The van der Waals surface area contributed by atoms with Crippen molar-refractivity contribution in [1.82, 2.24) is 14.2 Å². The topological polar surface area (TPSA) is 80.6 Å². The van der Waals surface area contributed by atoms with Gasteiger partial charge in [0.25, 0.3) is 5.91 Å². The van der Waals surface area contributed by atoms with Gasteiger partial charge in [0.15, 0.2) is 0 Å². The molecule has 2 atom stereocenters. The highest BCUT2D eigenvalue weighted by molar-refractivity contribution is 7.89. The molecule has 1 aromatic heterocycles. The first-order chi connectivity index (χ1) is 11.8. The van der Waals surface area contributed by atoms with E-state index in [1.54, 1.807) is 6.07 Å². The number of carbonyl (C=O) groups is 1. The second kappa shape index (κ2) is 6.78. The molecule has 1 N–H and O–H groups in total. The molecular weight excluding hydrogens is 342 g/mol. The van der Waals surface area contributed by atoms with Crippen LogP contribution in [-0.4, -0.2) is 62.3 Å². The van der Waals surface area contributed by atoms with Gasteiger partial charge < -0.3 is 14.6 Å². The van der Waals surface area contributed by atoms with E-state index in [1.165, 1.54) is 18.4 Å². The Morgan fingerprint density at radius 1 is 1.32 bits per heavy atom. The predicted octanol–water partition coefficient (Wildman–Crippen LogP) is 0.815. The molecule has 1 fully saturated rings. The van der Waals surface area contributed by atoms with E-state index in [0.717, 1.165) is 10.9 Å². The van der Waals surface area contributed by atoms with Gasteiger partial charge in [-0.2, -0.15) is 0 Å². The summed E-state index contributed by atoms with van der Waals surface area (Å²) in [5, 5.41) is 3.83. The van der Waals surface area contributed by atoms with E-state index in [-0.39, 0.29) is 23.6 Å². The van der Waals surface area contributed by atoms with E-state index in [1.807, 2.05) is 36.0 Å². The first-order valence-corrected chi connectivity index (χ1v) is 9.73. The standard InChI is InChI=1S/C17H23N3O4S/c1-19(2)25(22,23)11-12-9-24-10-15(12)18-17(21)14-5-4-6-16-13(14)7-8-20(16)3/h4-8,12,15H,9-11H2,1-3H3,(H,18,21). The molecule has 1 aromatic carbocycles. The zero-order valence-corrected chi connectivity index (χ0v) is 15.4. The molecule has 8 heteroatoms. The van der Waals surface area contributed by atoms with Crippen LogP contribution >= 0.6 is 0 Å². The number of nitrogens with zero attached hydrogens (tertiary/aromatic N) is 2. The predicted molar refractivity (Wildman–Crippen MR) is 96.0 cm³/mol. The van der Waals surface area contributed by atoms with Crippen molar-refractivity contribution in [2.45, 2.75) is 6.04 Å². The van der Waals surface area contributed by atoms with E-state index in [0.29, 0.717) is 18.8 Å². The lowest BCUT2D eigenvalue weighted by atomic mass is 10.0. The van der Waals surface area contributed by atoms with Gasteiger partial charge in [0.1, 0.15) is 0 Å². The van der Waals surface area contributed by atoms with Gasteiger partial charge in [-0.3, -0.25) is 4.79 Å². The number of amides is 1. The second-order valence-electron chi connectivity index (χ2n) is 6.60. The summed E-state index contributed by atoms with van der Waals surface area (Å²) < 4.78 is 32.8. The summed E-state index contributed by atoms with van der Waals surface area (Å²) in [4.78, 5) is 12.7. The van der Waals surface area contributed by atoms with Crippen molar-refractivity contribution < 1.29 is 17.9 Å². The smallest absolute Gasteiger partial charge is 0.252 e. The van der Waals surface area contributed by atoms with Crippen LogP contribution in [0, 0.1) is 5.92 Å². The Morgan fingerprint density at radius 3 is 2.80 bits per heavy atom. The first-order valence-electron chi connectivity index (χ1n) is 8.12. The fourth-order valence-corrected chi connectivity index (χ4v) is 4.26. The molecule has 3 rings (SSSR count). The number of benzene rings is 1. The summed E-state index contributed by atoms with van der Waals surface area (Å²) in [6.45, 7) is 0.650. The molecule has 1 saturated heterocycles. The SMILES string of the molecule is CN(C)S(=O)(=O)CC1COCC1NC(=O)c1cccc2c1ccn2C. The summed E-state index contributed by atoms with van der Waals surface area (Å²) in [5.41, 5.74) is 1.56. The highest BCUT2D eigenvalue weighted by Gasteiger charge is 2.34. The van der Waals surface area contributed by atoms with Crippen LogP contribution < -0.4 is 5.32 Å². The third-order valence-electron chi connectivity index (χ3n) is 4.67. The molecule has 0 aliphatic carbocycles. The van der Waals surface area contributed by atoms with Gasteiger partial charge in [-0.1, -0.05) is 6.07 Å². The van der Waals surface area contributed by atoms with Gasteiger partial charge in [0.2, 0.25) is 10.0 Å². The number of nitrogens with one attached hydrogen (secondary N) is 1. The van der Waals surface area contributed by atoms with Crippen molar-refractivity contribution in [2.24, 2.45) is 13.0 Å². The Bertz CT molecular complexity index is 888. The van der Waals surface area contributed by atoms with Gasteiger partial charge in [-0.15, -0.1) is 0 Å². The zero-order valence-electron chi connectivity index (χ0n) is 14.6. The maximum absolute atomic E-state index is 12.7. The first kappa shape index (κ1) is 17.9. The molecule has 0 radical (unpaired) electrons. The lowest BCUT2D eigenvalue weighted by molar-refractivity contribution is 0.0927. The molecule has 1 amide bonds. The molecule has 25 heavy (non-hydrogen) atoms. The number of hydrogen-bond donors (Lipinski definition) is 1. The summed E-state index contributed by atoms with van der Waals surface area (Å²) in [6, 6.07) is 7.16. The van der Waals surface area contributed by atoms with Crippen LogP contribution in [0.1, 0.15) is 10.4 Å². The number of rotatable bonds is 5. The largest absolute Gasteiger partial charge is 0.379 e. The number of sulfonamides is 1. The third kappa shape index (κ3) is 3.56. The average Bonchev–Trinajstić information content (AvgIpc) is 3.14. The highest BCUT2D eigenvalue weighted by Crippen LogP contribution is 2.21. The van der Waals surface area contributed by atoms with Crippen LogP contribution in [0.25, 0.3) is 10.9 Å². The number of carbonyl (C=O) groups excluding carboxylic acids is 1. The summed E-state index contributed by atoms with van der Waals surface area (Å²) in [5.74, 6) is -0.508. The van der Waals surface area contributed by atoms with Crippen molar-refractivity contribution in [3.05, 3.63) is 36.0 Å². The van der Waals surface area contributed by atoms with Gasteiger partial charge in [0.05, 0.1) is 25.0 Å². The lowest BCUT2D eigenvalue weighted by Gasteiger charge is -2.21. The number of aryl methyl sites for hydroxylation is 1. The lowest BCUT2D eigenvalue weighted by Crippen LogP contribution is -2.43. The van der Waals surface area contributed by atoms with Crippen LogP contribution in [0.2, 0.25) is 0 Å². The van der Waals surface area contributed by atoms with E-state index in [4.69, 9.17) is 4.74 Å². The van der Waals surface area contributed by atoms with Gasteiger partial charge in [-0.25, -0.2) is 12.7 Å². The third-order valence-corrected chi connectivity index (χ3v) is 6.63. The number of fused-ring (bicyclic) bond motifs is 1. The number of hydrogen-bond acceptors (Lipinski definition) is 4. The summed E-state index contributed by atoms with van der Waals surface area (Å²) >= 11 is 0. The molecule has 0 spiro atoms. The van der Waals surface area contributed by atoms with E-state index in [9.17, 15) is 13.2 Å². The minimum absolute atomic E-state index is 0.0412. The number of ether oxygens (including phenoxy) is 1. The number of aromatic nitrogens is 1. The van der Waals surface area contributed by atoms with Crippen molar-refractivity contribution in [3.8, 4) is 0 Å². The van der Waals surface area contributed by atoms with E-state index < -0.39 is 10.0 Å². The van der Waals surface area contributed by atoms with Crippen LogP contribution in [0.4, 0.5) is 0 Å². The Balaban J connectivity index is 1.77. The maximum atomic E-state index is 12.7. The minimum Gasteiger partial charge on any atom is -0.379 e. The van der Waals surface area contributed by atoms with Crippen LogP contribution in [-0.2, 0) is 21.8 Å². The van der Waals surface area contributed by atoms with Gasteiger partial charge >= 0.3 is 0 Å². The zero-order chi connectivity index (χ0) is 18.2. The van der Waals surface area contributed by atoms with Crippen molar-refractivity contribution >= 4 is 26.8 Å². The molecule has 2 unspecified atom stereocenters. The Hall–Kier alpha value is -1.90. The van der Waals surface area contributed by atoms with Crippen molar-refractivity contribution in [2.75, 3.05) is 33.1 Å². The van der Waals surface area contributed by atoms with Crippen LogP contribution in [0.5, 0.6) is 0 Å². The molecule has 2 aromatic rings. The van der Waals surface area contributed by atoms with Gasteiger partial charge in [0, 0.05) is 49.7 Å².